The molecular weight excluding hydrogens is 404 g/mol. The van der Waals surface area contributed by atoms with Gasteiger partial charge in [-0.25, -0.2) is 4.98 Å². The van der Waals surface area contributed by atoms with Gasteiger partial charge in [0.25, 0.3) is 5.91 Å². The number of methoxy groups -OCH3 is 1. The molecule has 0 atom stereocenters. The third-order valence-electron chi connectivity index (χ3n) is 2.71. The Balaban J connectivity index is 2.18. The van der Waals surface area contributed by atoms with Gasteiger partial charge in [-0.1, -0.05) is 6.92 Å². The van der Waals surface area contributed by atoms with Crippen LogP contribution in [0.25, 0.3) is 0 Å². The van der Waals surface area contributed by atoms with E-state index in [0.717, 1.165) is 21.8 Å². The second kappa shape index (κ2) is 7.04. The fourth-order valence-electron chi connectivity index (χ4n) is 1.71. The number of aromatic nitrogens is 3. The number of benzene rings is 1. The molecule has 0 saturated carbocycles. The molecule has 0 radical (unpaired) electrons. The van der Waals surface area contributed by atoms with Crippen molar-refractivity contribution in [2.45, 2.75) is 19.8 Å². The van der Waals surface area contributed by atoms with Crippen LogP contribution < -0.4 is 10.1 Å². The van der Waals surface area contributed by atoms with Crippen LogP contribution in [0.15, 0.2) is 21.1 Å². The molecule has 0 fully saturated rings. The van der Waals surface area contributed by atoms with Crippen LogP contribution in [-0.4, -0.2) is 28.2 Å². The number of hydrogen-bond acceptors (Lipinski definition) is 4. The first kappa shape index (κ1) is 16.0. The number of aromatic amines is 1. The van der Waals surface area contributed by atoms with Crippen LogP contribution in [0.3, 0.4) is 0 Å². The fraction of sp³-hybridized carbons (Fsp3) is 0.308. The number of carbonyl (C=O) groups is 1. The lowest BCUT2D eigenvalue weighted by Gasteiger charge is -2.09. The molecule has 0 aliphatic heterocycles. The maximum atomic E-state index is 12.1. The summed E-state index contributed by atoms with van der Waals surface area (Å²) >= 11 is 6.77. The average molecular weight is 418 g/mol. The van der Waals surface area contributed by atoms with Crippen molar-refractivity contribution in [3.05, 3.63) is 32.7 Å². The highest BCUT2D eigenvalue weighted by atomic mass is 79.9. The van der Waals surface area contributed by atoms with Gasteiger partial charge in [0.2, 0.25) is 5.82 Å². The summed E-state index contributed by atoms with van der Waals surface area (Å²) in [6.45, 7) is 2.04. The highest BCUT2D eigenvalue weighted by molar-refractivity contribution is 9.11. The van der Waals surface area contributed by atoms with Crippen molar-refractivity contribution < 1.29 is 9.53 Å². The molecule has 0 aliphatic rings. The normalized spacial score (nSPS) is 10.5. The largest absolute Gasteiger partial charge is 0.495 e. The monoisotopic (exact) mass is 416 g/mol. The zero-order valence-electron chi connectivity index (χ0n) is 11.5. The van der Waals surface area contributed by atoms with Crippen LogP contribution in [0.1, 0.15) is 29.8 Å². The Morgan fingerprint density at radius 3 is 2.81 bits per heavy atom. The number of carbonyl (C=O) groups excluding carboxylic acids is 1. The summed E-state index contributed by atoms with van der Waals surface area (Å²) in [5.74, 6) is 1.07. The molecule has 6 nitrogen and oxygen atoms in total. The number of rotatable bonds is 5. The highest BCUT2D eigenvalue weighted by Gasteiger charge is 2.15. The first-order valence-corrected chi connectivity index (χ1v) is 7.89. The van der Waals surface area contributed by atoms with Crippen molar-refractivity contribution in [2.24, 2.45) is 0 Å². The summed E-state index contributed by atoms with van der Waals surface area (Å²) < 4.78 is 6.73. The Morgan fingerprint density at radius 1 is 1.38 bits per heavy atom. The van der Waals surface area contributed by atoms with E-state index in [0.29, 0.717) is 17.3 Å². The predicted octanol–water partition coefficient (Wildman–Crippen LogP) is 3.54. The standard InChI is InChI=1S/C13H14Br2N4O2/c1-3-4-11-17-12(19-18-11)13(20)16-9-6-10(21-2)8(15)5-7(9)14/h5-6H,3-4H2,1-2H3,(H,16,20)(H,17,18,19). The highest BCUT2D eigenvalue weighted by Crippen LogP contribution is 2.34. The van der Waals surface area contributed by atoms with E-state index < -0.39 is 0 Å². The minimum atomic E-state index is -0.376. The number of ether oxygens (including phenoxy) is 1. The van der Waals surface area contributed by atoms with E-state index in [4.69, 9.17) is 4.74 Å². The molecule has 8 heteroatoms. The third kappa shape index (κ3) is 3.82. The van der Waals surface area contributed by atoms with Gasteiger partial charge in [-0.15, -0.1) is 5.10 Å². The summed E-state index contributed by atoms with van der Waals surface area (Å²) in [6.07, 6.45) is 1.70. The molecule has 1 heterocycles. The van der Waals surface area contributed by atoms with Crippen molar-refractivity contribution in [1.82, 2.24) is 15.2 Å². The molecule has 0 saturated heterocycles. The van der Waals surface area contributed by atoms with Crippen LogP contribution >= 0.6 is 31.9 Å². The number of aryl methyl sites for hydroxylation is 1. The van der Waals surface area contributed by atoms with Gasteiger partial charge >= 0.3 is 0 Å². The topological polar surface area (TPSA) is 79.9 Å². The molecule has 112 valence electrons. The lowest BCUT2D eigenvalue weighted by atomic mass is 10.3. The fourth-order valence-corrected chi connectivity index (χ4v) is 2.96. The Hall–Kier alpha value is -1.41. The summed E-state index contributed by atoms with van der Waals surface area (Å²) in [7, 11) is 1.56. The molecule has 0 aliphatic carbocycles. The number of amides is 1. The lowest BCUT2D eigenvalue weighted by molar-refractivity contribution is 0.101. The molecule has 2 aromatic rings. The summed E-state index contributed by atoms with van der Waals surface area (Å²) in [5.41, 5.74) is 0.585. The Bertz CT molecular complexity index is 658. The molecule has 2 N–H and O–H groups in total. The Kier molecular flexibility index (Phi) is 5.35. The summed E-state index contributed by atoms with van der Waals surface area (Å²) in [6, 6.07) is 3.51. The van der Waals surface area contributed by atoms with E-state index >= 15 is 0 Å². The Morgan fingerprint density at radius 2 is 2.14 bits per heavy atom. The average Bonchev–Trinajstić information content (AvgIpc) is 2.91. The number of hydrogen-bond donors (Lipinski definition) is 2. The number of nitrogens with one attached hydrogen (secondary N) is 2. The zero-order chi connectivity index (χ0) is 15.4. The minimum Gasteiger partial charge on any atom is -0.495 e. The summed E-state index contributed by atoms with van der Waals surface area (Å²) in [5, 5.41) is 9.42. The molecule has 1 aromatic heterocycles. The number of halogens is 2. The predicted molar refractivity (Wildman–Crippen MR) is 86.7 cm³/mol. The van der Waals surface area contributed by atoms with Crippen LogP contribution in [0, 0.1) is 0 Å². The second-order valence-corrected chi connectivity index (χ2v) is 5.99. The van der Waals surface area contributed by atoms with Gasteiger partial charge in [0.15, 0.2) is 0 Å². The SMILES string of the molecule is CCCc1nc(C(=O)Nc2cc(OC)c(Br)cc2Br)n[nH]1. The molecule has 0 bridgehead atoms. The summed E-state index contributed by atoms with van der Waals surface area (Å²) in [4.78, 5) is 16.3. The van der Waals surface area contributed by atoms with E-state index in [1.807, 2.05) is 6.92 Å². The van der Waals surface area contributed by atoms with Crippen LogP contribution in [0.4, 0.5) is 5.69 Å². The quantitative estimate of drug-likeness (QED) is 0.779. The van der Waals surface area contributed by atoms with Gasteiger partial charge in [-0.05, 0) is 44.3 Å². The van der Waals surface area contributed by atoms with Gasteiger partial charge in [-0.3, -0.25) is 9.89 Å². The van der Waals surface area contributed by atoms with Crippen LogP contribution in [0.2, 0.25) is 0 Å². The maximum absolute atomic E-state index is 12.1. The maximum Gasteiger partial charge on any atom is 0.295 e. The smallest absolute Gasteiger partial charge is 0.295 e. The van der Waals surface area contributed by atoms with E-state index in [9.17, 15) is 4.79 Å². The van der Waals surface area contributed by atoms with Gasteiger partial charge in [0.1, 0.15) is 11.6 Å². The van der Waals surface area contributed by atoms with E-state index in [-0.39, 0.29) is 11.7 Å². The van der Waals surface area contributed by atoms with Crippen molar-refractivity contribution in [1.29, 1.82) is 0 Å². The van der Waals surface area contributed by atoms with E-state index in [2.05, 4.69) is 52.4 Å². The first-order valence-electron chi connectivity index (χ1n) is 6.30. The number of anilines is 1. The van der Waals surface area contributed by atoms with Crippen molar-refractivity contribution in [2.75, 3.05) is 12.4 Å². The Labute approximate surface area is 138 Å². The molecule has 0 spiro atoms. The number of nitrogens with zero attached hydrogens (tertiary/aromatic N) is 2. The van der Waals surface area contributed by atoms with Crippen molar-refractivity contribution in [3.8, 4) is 5.75 Å². The van der Waals surface area contributed by atoms with Crippen molar-refractivity contribution >= 4 is 43.5 Å². The van der Waals surface area contributed by atoms with Crippen LogP contribution in [-0.2, 0) is 6.42 Å². The first-order chi connectivity index (χ1) is 10.0. The zero-order valence-corrected chi connectivity index (χ0v) is 14.7. The second-order valence-electron chi connectivity index (χ2n) is 4.28. The number of H-pyrrole nitrogens is 1. The molecule has 1 amide bonds. The van der Waals surface area contributed by atoms with E-state index in [1.54, 1.807) is 19.2 Å². The van der Waals surface area contributed by atoms with Gasteiger partial charge in [0.05, 0.1) is 17.3 Å². The van der Waals surface area contributed by atoms with Gasteiger partial charge in [-0.2, -0.15) is 0 Å². The molecule has 21 heavy (non-hydrogen) atoms. The van der Waals surface area contributed by atoms with Gasteiger partial charge in [0, 0.05) is 17.0 Å². The molecule has 2 rings (SSSR count). The molecular formula is C13H14Br2N4O2. The van der Waals surface area contributed by atoms with Crippen LogP contribution in [0.5, 0.6) is 5.75 Å². The van der Waals surface area contributed by atoms with E-state index in [1.165, 1.54) is 0 Å². The minimum absolute atomic E-state index is 0.118. The third-order valence-corrected chi connectivity index (χ3v) is 3.99. The molecule has 0 unspecified atom stereocenters. The van der Waals surface area contributed by atoms with Gasteiger partial charge < -0.3 is 10.1 Å². The molecule has 1 aromatic carbocycles. The lowest BCUT2D eigenvalue weighted by Crippen LogP contribution is -2.14. The van der Waals surface area contributed by atoms with Crippen molar-refractivity contribution in [3.63, 3.8) is 0 Å².